The number of benzene rings is 6. The molecule has 6 aromatic carbocycles. The summed E-state index contributed by atoms with van der Waals surface area (Å²) in [5, 5.41) is 11.3. The predicted octanol–water partition coefficient (Wildman–Crippen LogP) is 13.8. The van der Waals surface area contributed by atoms with Crippen molar-refractivity contribution in [2.45, 2.75) is 65.7 Å². The smallest absolute Gasteiger partial charge is 0.148 e. The van der Waals surface area contributed by atoms with E-state index in [1.165, 1.54) is 0 Å². The van der Waals surface area contributed by atoms with Crippen LogP contribution in [-0.4, -0.2) is 19.6 Å². The number of hydrogen-bond donors (Lipinski definition) is 1. The molecule has 1 N–H and O–H groups in total. The second-order valence-electron chi connectivity index (χ2n) is 16.0. The molecule has 0 saturated heterocycles. The Morgan fingerprint density at radius 3 is 2.05 bits per heavy atom. The number of rotatable bonds is 8. The van der Waals surface area contributed by atoms with Gasteiger partial charge in [-0.3, -0.25) is 9.55 Å². The fourth-order valence-electron chi connectivity index (χ4n) is 7.42. The number of hydrogen-bond acceptors (Lipinski definition) is 3. The first-order valence-electron chi connectivity index (χ1n) is 20.2. The second kappa shape index (κ2) is 16.1. The van der Waals surface area contributed by atoms with Gasteiger partial charge in [0.2, 0.25) is 0 Å². The Morgan fingerprint density at radius 2 is 1.35 bits per heavy atom. The van der Waals surface area contributed by atoms with E-state index >= 15 is 0 Å². The molecule has 57 heavy (non-hydrogen) atoms. The summed E-state index contributed by atoms with van der Waals surface area (Å²) < 4.78 is 19.8. The summed E-state index contributed by atoms with van der Waals surface area (Å²) in [6.45, 7) is 14.3. The Labute approximate surface area is 354 Å². The van der Waals surface area contributed by atoms with Gasteiger partial charge in [0.1, 0.15) is 11.6 Å². The maximum atomic E-state index is 11.3. The zero-order chi connectivity index (χ0) is 41.0. The fourth-order valence-corrected chi connectivity index (χ4v) is 7.42. The third-order valence-corrected chi connectivity index (χ3v) is 10.6. The fraction of sp³-hybridized carbons (Fsp3) is 0.192. The second-order valence-corrected chi connectivity index (χ2v) is 16.0. The minimum Gasteiger partial charge on any atom is -0.507 e. The monoisotopic (exact) mass is 927 g/mol. The minimum absolute atomic E-state index is 0. The van der Waals surface area contributed by atoms with Gasteiger partial charge in [-0.25, -0.2) is 4.98 Å². The Balaban J connectivity index is 0.00000528. The van der Waals surface area contributed by atoms with E-state index in [1.54, 1.807) is 6.07 Å². The molecule has 0 amide bonds. The van der Waals surface area contributed by atoms with Gasteiger partial charge in [0.05, 0.1) is 16.6 Å². The van der Waals surface area contributed by atoms with Crippen LogP contribution in [0, 0.1) is 6.07 Å². The summed E-state index contributed by atoms with van der Waals surface area (Å²) in [7, 11) is 0. The summed E-state index contributed by atoms with van der Waals surface area (Å²) in [6, 6.07) is 50.5. The van der Waals surface area contributed by atoms with E-state index in [4.69, 9.17) is 11.3 Å². The van der Waals surface area contributed by atoms with Gasteiger partial charge in [-0.15, -0.1) is 29.3 Å². The Kier molecular flexibility index (Phi) is 10.5. The van der Waals surface area contributed by atoms with Crippen molar-refractivity contribution in [3.8, 4) is 67.5 Å². The maximum absolute atomic E-state index is 11.3. The predicted molar refractivity (Wildman–Crippen MR) is 233 cm³/mol. The van der Waals surface area contributed by atoms with Crippen LogP contribution < -0.4 is 0 Å². The number of imidazole rings is 1. The largest absolute Gasteiger partial charge is 0.507 e. The van der Waals surface area contributed by atoms with Gasteiger partial charge in [-0.05, 0) is 87.0 Å². The molecule has 2 heterocycles. The van der Waals surface area contributed by atoms with Gasteiger partial charge in [0, 0.05) is 41.4 Å². The molecular weight excluding hydrogens is 878 g/mol. The molecule has 0 bridgehead atoms. The average Bonchev–Trinajstić information content (AvgIpc) is 3.60. The number of pyridine rings is 1. The normalized spacial score (nSPS) is 12.5. The van der Waals surface area contributed by atoms with Crippen LogP contribution in [0.3, 0.4) is 0 Å². The van der Waals surface area contributed by atoms with Crippen LogP contribution in [0.5, 0.6) is 5.75 Å². The standard InChI is InChI=1S/C52H48N3O.Pt/c1-33(2)35-20-22-36(23-21-35)38-26-27-53-47(31-38)40-28-39(29-41(30-40)52(5,6)7)44-17-13-18-48-50(44)54-51(45-16-11-12-19-49(45)56)55(48)42-24-25-43(46(32-42)34(3)4)37-14-9-8-10-15-37;/h8-27,29-34,56H,1-7H3;/q-1;/i33D,34D;. The van der Waals surface area contributed by atoms with Crippen LogP contribution >= 0.6 is 0 Å². The Bertz CT molecular complexity index is 2790. The van der Waals surface area contributed by atoms with Gasteiger partial charge in [0.15, 0.2) is 0 Å². The van der Waals surface area contributed by atoms with Crippen LogP contribution in [0.1, 0.15) is 79.7 Å². The van der Waals surface area contributed by atoms with Crippen molar-refractivity contribution in [2.75, 3.05) is 0 Å². The van der Waals surface area contributed by atoms with E-state index in [1.807, 2.05) is 88.5 Å². The SMILES string of the molecule is [2H]C(C)(C)c1ccc(-c2ccnc(-c3[c-]c(-c4cccc5c4nc(-c4ccccc4O)n5-c4ccc(-c5ccccc5)c(C([2H])(C)C)c4)cc(C(C)(C)C)c3)c2)cc1.[Pt]. The van der Waals surface area contributed by atoms with Crippen LogP contribution in [0.25, 0.3) is 72.7 Å². The topological polar surface area (TPSA) is 50.9 Å². The van der Waals surface area contributed by atoms with E-state index < -0.39 is 11.8 Å². The third-order valence-electron chi connectivity index (χ3n) is 10.6. The molecule has 8 rings (SSSR count). The van der Waals surface area contributed by atoms with Gasteiger partial charge < -0.3 is 5.11 Å². The third kappa shape index (κ3) is 7.89. The van der Waals surface area contributed by atoms with Crippen molar-refractivity contribution in [3.05, 3.63) is 168 Å². The van der Waals surface area contributed by atoms with Gasteiger partial charge in [-0.1, -0.05) is 151 Å². The molecule has 0 radical (unpaired) electrons. The van der Waals surface area contributed by atoms with Crippen molar-refractivity contribution in [3.63, 3.8) is 0 Å². The summed E-state index contributed by atoms with van der Waals surface area (Å²) in [5.74, 6) is -0.834. The molecule has 4 nitrogen and oxygen atoms in total. The molecule has 0 aliphatic carbocycles. The van der Waals surface area contributed by atoms with Crippen molar-refractivity contribution >= 4 is 11.0 Å². The van der Waals surface area contributed by atoms with Crippen LogP contribution in [0.2, 0.25) is 0 Å². The van der Waals surface area contributed by atoms with Crippen molar-refractivity contribution in [1.29, 1.82) is 0 Å². The number of aromatic nitrogens is 3. The summed E-state index contributed by atoms with van der Waals surface area (Å²) in [6.07, 6.45) is 1.85. The molecular formula is C52H48N3OPt-. The molecule has 8 aromatic rings. The van der Waals surface area contributed by atoms with E-state index in [2.05, 4.69) is 110 Å². The first-order chi connectivity index (χ1) is 27.6. The van der Waals surface area contributed by atoms with E-state index in [0.717, 1.165) is 78.0 Å². The van der Waals surface area contributed by atoms with Gasteiger partial charge in [0.25, 0.3) is 0 Å². The van der Waals surface area contributed by atoms with Crippen molar-refractivity contribution < 1.29 is 28.9 Å². The first-order valence-corrected chi connectivity index (χ1v) is 19.2. The summed E-state index contributed by atoms with van der Waals surface area (Å²) >= 11 is 0. The molecule has 0 spiro atoms. The minimum atomic E-state index is -0.899. The molecule has 0 unspecified atom stereocenters. The van der Waals surface area contributed by atoms with Crippen molar-refractivity contribution in [2.24, 2.45) is 0 Å². The number of fused-ring (bicyclic) bond motifs is 1. The molecule has 2 aromatic heterocycles. The molecule has 5 heteroatoms. The number of nitrogens with zero attached hydrogens (tertiary/aromatic N) is 3. The number of para-hydroxylation sites is 2. The zero-order valence-corrected chi connectivity index (χ0v) is 35.7. The zero-order valence-electron chi connectivity index (χ0n) is 35.5. The van der Waals surface area contributed by atoms with E-state index in [0.29, 0.717) is 11.4 Å². The summed E-state index contributed by atoms with van der Waals surface area (Å²) in [5.41, 5.74) is 13.6. The average molecular weight is 928 g/mol. The Morgan fingerprint density at radius 1 is 0.649 bits per heavy atom. The van der Waals surface area contributed by atoms with Crippen LogP contribution in [0.4, 0.5) is 0 Å². The quantitative estimate of drug-likeness (QED) is 0.155. The van der Waals surface area contributed by atoms with Crippen LogP contribution in [-0.2, 0) is 26.5 Å². The molecule has 0 saturated carbocycles. The summed E-state index contributed by atoms with van der Waals surface area (Å²) in [4.78, 5) is 10.2. The number of aromatic hydroxyl groups is 1. The number of phenolic OH excluding ortho intramolecular Hbond substituents is 1. The van der Waals surface area contributed by atoms with Gasteiger partial charge in [-0.2, -0.15) is 0 Å². The molecule has 0 atom stereocenters. The Hall–Kier alpha value is -5.57. The molecule has 0 fully saturated rings. The van der Waals surface area contributed by atoms with E-state index in [9.17, 15) is 6.48 Å². The van der Waals surface area contributed by atoms with Crippen molar-refractivity contribution in [1.82, 2.24) is 14.5 Å². The molecule has 0 aliphatic heterocycles. The van der Waals surface area contributed by atoms with E-state index in [-0.39, 0.29) is 32.2 Å². The van der Waals surface area contributed by atoms with Gasteiger partial charge >= 0.3 is 0 Å². The molecule has 0 aliphatic rings. The first kappa shape index (κ1) is 37.0. The molecule has 288 valence electrons. The van der Waals surface area contributed by atoms with Crippen LogP contribution in [0.15, 0.2) is 146 Å². The number of phenols is 1. The maximum Gasteiger partial charge on any atom is 0.148 e.